The number of carbonyl (C=O) groups excluding carboxylic acids is 1. The van der Waals surface area contributed by atoms with Crippen LogP contribution in [-0.4, -0.2) is 68.2 Å². The van der Waals surface area contributed by atoms with E-state index >= 15 is 4.39 Å². The maximum Gasteiger partial charge on any atom is 0.417 e. The normalized spacial score (nSPS) is 24.3. The number of hydrogen-bond donors (Lipinski definition) is 1. The highest BCUT2D eigenvalue weighted by atomic mass is 19.1. The monoisotopic (exact) mass is 465 g/mol. The lowest BCUT2D eigenvalue weighted by Crippen LogP contribution is -2.54. The van der Waals surface area contributed by atoms with Gasteiger partial charge in [-0.2, -0.15) is 0 Å². The Morgan fingerprint density at radius 1 is 1.06 bits per heavy atom. The molecule has 3 unspecified atom stereocenters. The number of nitrogens with zero attached hydrogens (tertiary/aromatic N) is 2. The van der Waals surface area contributed by atoms with Gasteiger partial charge in [-0.25, -0.2) is 18.0 Å². The van der Waals surface area contributed by atoms with Crippen molar-refractivity contribution in [1.82, 2.24) is 14.8 Å². The van der Waals surface area contributed by atoms with Crippen molar-refractivity contribution in [2.24, 2.45) is 0 Å². The largest absolute Gasteiger partial charge is 0.417 e. The van der Waals surface area contributed by atoms with Gasteiger partial charge in [0.1, 0.15) is 17.8 Å². The number of aromatic nitrogens is 1. The van der Waals surface area contributed by atoms with Gasteiger partial charge in [0.25, 0.3) is 0 Å². The van der Waals surface area contributed by atoms with Gasteiger partial charge in [0.2, 0.25) is 5.91 Å². The molecule has 11 heteroatoms. The summed E-state index contributed by atoms with van der Waals surface area (Å²) in [6.07, 6.45) is -0.447. The number of hydrogen-bond acceptors (Lipinski definition) is 4. The Morgan fingerprint density at radius 3 is 2.59 bits per heavy atom. The number of piperidine rings is 1. The van der Waals surface area contributed by atoms with E-state index in [0.29, 0.717) is 36.6 Å². The van der Waals surface area contributed by atoms with Crippen molar-refractivity contribution in [2.45, 2.75) is 36.3 Å². The molecule has 0 spiro atoms. The average molecular weight is 465 g/mol. The maximum absolute atomic E-state index is 15.3. The molecule has 3 heterocycles. The van der Waals surface area contributed by atoms with E-state index in [4.69, 9.17) is 20.1 Å². The number of carbonyl (C=O) groups is 1. The Hall–Kier alpha value is -2.94. The van der Waals surface area contributed by atoms with Crippen LogP contribution in [0, 0.1) is 11.6 Å². The molecule has 2 fully saturated rings. The standard InChI is InChI=1S/C23H20B2F3N3O3/c24-23(25,15-3-2-13(26)10-16(15)27)31-8-6-19(21(31)32)30-7-5-14(17(28)11-30)12-1-4-18-20(9-12)34-22(33)29-18/h1-4,9-10,14,17,19H,5-8,11H2,(H,29,33). The van der Waals surface area contributed by atoms with E-state index < -0.39 is 46.8 Å². The Kier molecular flexibility index (Phi) is 5.62. The number of nitrogens with one attached hydrogen (secondary N) is 1. The number of rotatable bonds is 4. The van der Waals surface area contributed by atoms with Crippen LogP contribution in [-0.2, 0) is 10.1 Å². The molecule has 2 aliphatic rings. The van der Waals surface area contributed by atoms with Crippen molar-refractivity contribution in [3.05, 3.63) is 69.7 Å². The maximum atomic E-state index is 15.3. The lowest BCUT2D eigenvalue weighted by Gasteiger charge is -2.40. The number of halogens is 3. The fourth-order valence-corrected chi connectivity index (χ4v) is 5.11. The predicted molar refractivity (Wildman–Crippen MR) is 120 cm³/mol. The molecule has 0 aliphatic carbocycles. The van der Waals surface area contributed by atoms with E-state index in [9.17, 15) is 18.4 Å². The third-order valence-corrected chi connectivity index (χ3v) is 6.87. The zero-order chi connectivity index (χ0) is 24.2. The first-order valence-electron chi connectivity index (χ1n) is 11.0. The van der Waals surface area contributed by atoms with Crippen molar-refractivity contribution in [2.75, 3.05) is 19.6 Å². The number of likely N-dealkylation sites (tertiary alicyclic amines) is 2. The van der Waals surface area contributed by atoms with Crippen molar-refractivity contribution in [1.29, 1.82) is 0 Å². The van der Waals surface area contributed by atoms with Gasteiger partial charge in [-0.1, -0.05) is 12.1 Å². The first-order valence-corrected chi connectivity index (χ1v) is 11.0. The Labute approximate surface area is 195 Å². The van der Waals surface area contributed by atoms with E-state index in [-0.39, 0.29) is 18.7 Å². The molecule has 0 saturated carbocycles. The molecule has 172 valence electrons. The molecule has 3 aromatic rings. The highest BCUT2D eigenvalue weighted by Gasteiger charge is 2.45. The van der Waals surface area contributed by atoms with Crippen molar-refractivity contribution in [3.8, 4) is 0 Å². The SMILES string of the molecule is [B]C([B])(c1ccc(F)cc1F)N1CCC(N2CCC(c3ccc4[nH]c(=O)oc4c3)C(F)C2)C1=O. The summed E-state index contributed by atoms with van der Waals surface area (Å²) in [5.74, 6) is -3.13. The number of oxazole rings is 1. The van der Waals surface area contributed by atoms with Gasteiger partial charge in [0, 0.05) is 25.1 Å². The van der Waals surface area contributed by atoms with Gasteiger partial charge in [-0.3, -0.25) is 14.7 Å². The third-order valence-electron chi connectivity index (χ3n) is 6.87. The van der Waals surface area contributed by atoms with Crippen LogP contribution in [0.15, 0.2) is 45.6 Å². The van der Waals surface area contributed by atoms with Gasteiger partial charge in [-0.05, 0) is 54.1 Å². The number of benzene rings is 2. The number of alkyl halides is 1. The molecule has 5 rings (SSSR count). The second-order valence-corrected chi connectivity index (χ2v) is 8.92. The van der Waals surface area contributed by atoms with Crippen LogP contribution in [0.5, 0.6) is 0 Å². The minimum atomic E-state index is -1.97. The smallest absolute Gasteiger partial charge is 0.408 e. The minimum absolute atomic E-state index is 0.0249. The number of fused-ring (bicyclic) bond motifs is 1. The summed E-state index contributed by atoms with van der Waals surface area (Å²) in [6, 6.07) is 7.28. The zero-order valence-electron chi connectivity index (χ0n) is 18.1. The first kappa shape index (κ1) is 22.8. The fraction of sp³-hybridized carbons (Fsp3) is 0.391. The van der Waals surface area contributed by atoms with Crippen molar-refractivity contribution < 1.29 is 22.4 Å². The second-order valence-electron chi connectivity index (χ2n) is 8.92. The van der Waals surface area contributed by atoms with Crippen molar-refractivity contribution >= 4 is 32.7 Å². The molecule has 2 saturated heterocycles. The molecule has 34 heavy (non-hydrogen) atoms. The van der Waals surface area contributed by atoms with Crippen LogP contribution >= 0.6 is 0 Å². The predicted octanol–water partition coefficient (Wildman–Crippen LogP) is 2.28. The summed E-state index contributed by atoms with van der Waals surface area (Å²) in [7, 11) is 12.3. The van der Waals surface area contributed by atoms with Crippen molar-refractivity contribution in [3.63, 3.8) is 0 Å². The van der Waals surface area contributed by atoms with Crippen LogP contribution in [0.3, 0.4) is 0 Å². The summed E-state index contributed by atoms with van der Waals surface area (Å²) < 4.78 is 47.9. The fourth-order valence-electron chi connectivity index (χ4n) is 5.11. The molecule has 1 amide bonds. The summed E-state index contributed by atoms with van der Waals surface area (Å²) in [5, 5.41) is -1.97. The Morgan fingerprint density at radius 2 is 1.85 bits per heavy atom. The molecule has 0 bridgehead atoms. The van der Waals surface area contributed by atoms with Gasteiger partial charge >= 0.3 is 5.76 Å². The molecule has 6 nitrogen and oxygen atoms in total. The number of aromatic amines is 1. The zero-order valence-corrected chi connectivity index (χ0v) is 18.1. The molecular weight excluding hydrogens is 445 g/mol. The number of H-pyrrole nitrogens is 1. The topological polar surface area (TPSA) is 69.6 Å². The van der Waals surface area contributed by atoms with Crippen LogP contribution in [0.2, 0.25) is 0 Å². The molecule has 2 aromatic carbocycles. The molecule has 3 atom stereocenters. The Balaban J connectivity index is 1.30. The van der Waals surface area contributed by atoms with E-state index in [0.717, 1.165) is 22.6 Å². The van der Waals surface area contributed by atoms with Gasteiger partial charge in [-0.15, -0.1) is 0 Å². The Bertz CT molecular complexity index is 1310. The summed E-state index contributed by atoms with van der Waals surface area (Å²) in [6.45, 7) is 0.641. The molecule has 1 N–H and O–H groups in total. The summed E-state index contributed by atoms with van der Waals surface area (Å²) in [4.78, 5) is 30.0. The number of amides is 1. The molecule has 4 radical (unpaired) electrons. The quantitative estimate of drug-likeness (QED) is 0.601. The lowest BCUT2D eigenvalue weighted by molar-refractivity contribution is -0.134. The van der Waals surface area contributed by atoms with E-state index in [1.54, 1.807) is 23.1 Å². The molecular formula is C23H20B2F3N3O3. The van der Waals surface area contributed by atoms with Crippen LogP contribution in [0.1, 0.15) is 29.9 Å². The molecule has 1 aromatic heterocycles. The van der Waals surface area contributed by atoms with Crippen LogP contribution in [0.4, 0.5) is 13.2 Å². The third kappa shape index (κ3) is 3.85. The van der Waals surface area contributed by atoms with E-state index in [2.05, 4.69) is 4.98 Å². The van der Waals surface area contributed by atoms with E-state index in [1.807, 2.05) is 0 Å². The van der Waals surface area contributed by atoms with Gasteiger partial charge in [0.05, 0.1) is 27.3 Å². The second kappa shape index (κ2) is 8.37. The van der Waals surface area contributed by atoms with Gasteiger partial charge < -0.3 is 9.32 Å². The van der Waals surface area contributed by atoms with E-state index in [1.165, 1.54) is 0 Å². The summed E-state index contributed by atoms with van der Waals surface area (Å²) >= 11 is 0. The van der Waals surface area contributed by atoms with Crippen LogP contribution < -0.4 is 5.76 Å². The van der Waals surface area contributed by atoms with Gasteiger partial charge in [0.15, 0.2) is 5.58 Å². The minimum Gasteiger partial charge on any atom is -0.408 e. The highest BCUT2D eigenvalue weighted by molar-refractivity contribution is 6.40. The first-order chi connectivity index (χ1) is 16.1. The van der Waals surface area contributed by atoms with Crippen LogP contribution in [0.25, 0.3) is 11.1 Å². The summed E-state index contributed by atoms with van der Waals surface area (Å²) in [5.41, 5.74) is 1.44. The lowest BCUT2D eigenvalue weighted by atomic mass is 9.57. The molecule has 2 aliphatic heterocycles. The highest BCUT2D eigenvalue weighted by Crippen LogP contribution is 2.36. The average Bonchev–Trinajstić information content (AvgIpc) is 3.34.